The van der Waals surface area contributed by atoms with E-state index in [2.05, 4.69) is 4.98 Å². The van der Waals surface area contributed by atoms with Crippen molar-refractivity contribution in [1.82, 2.24) is 4.98 Å². The molecule has 1 aromatic carbocycles. The molecule has 0 aliphatic rings. The molecule has 1 atom stereocenters. The first-order valence-electron chi connectivity index (χ1n) is 6.27. The Morgan fingerprint density at radius 1 is 1.10 bits per heavy atom. The molecule has 1 unspecified atom stereocenters. The van der Waals surface area contributed by atoms with E-state index in [1.54, 1.807) is 25.4 Å². The Kier molecular flexibility index (Phi) is 4.63. The van der Waals surface area contributed by atoms with Crippen LogP contribution in [0.3, 0.4) is 0 Å². The van der Waals surface area contributed by atoms with E-state index in [-0.39, 0.29) is 6.04 Å². The minimum atomic E-state index is -0.846. The van der Waals surface area contributed by atoms with Crippen molar-refractivity contribution in [3.05, 3.63) is 59.3 Å². The van der Waals surface area contributed by atoms with Crippen molar-refractivity contribution < 1.29 is 13.5 Å². The second kappa shape index (κ2) is 6.43. The van der Waals surface area contributed by atoms with E-state index in [0.29, 0.717) is 24.3 Å². The number of benzene rings is 1. The van der Waals surface area contributed by atoms with Crippen molar-refractivity contribution in [3.63, 3.8) is 0 Å². The van der Waals surface area contributed by atoms with Crippen LogP contribution in [0.1, 0.15) is 11.1 Å². The van der Waals surface area contributed by atoms with E-state index in [4.69, 9.17) is 10.5 Å². The summed E-state index contributed by atoms with van der Waals surface area (Å²) in [5, 5.41) is 0. The average molecular weight is 278 g/mol. The normalized spacial score (nSPS) is 12.2. The van der Waals surface area contributed by atoms with Crippen LogP contribution in [0.5, 0.6) is 5.88 Å². The third-order valence-corrected chi connectivity index (χ3v) is 2.99. The van der Waals surface area contributed by atoms with Gasteiger partial charge >= 0.3 is 0 Å². The standard InChI is InChI=1S/C15H16F2N2O/c1-20-15-5-3-11(9-19-15)7-12(18)6-10-2-4-13(16)14(17)8-10/h2-5,8-9,12H,6-7,18H2,1H3. The molecular formula is C15H16F2N2O. The van der Waals surface area contributed by atoms with Gasteiger partial charge in [-0.25, -0.2) is 13.8 Å². The molecule has 2 rings (SSSR count). The van der Waals surface area contributed by atoms with Gasteiger partial charge in [0.2, 0.25) is 5.88 Å². The van der Waals surface area contributed by atoms with E-state index in [0.717, 1.165) is 11.6 Å². The summed E-state index contributed by atoms with van der Waals surface area (Å²) in [4.78, 5) is 4.10. The van der Waals surface area contributed by atoms with Gasteiger partial charge in [-0.15, -0.1) is 0 Å². The summed E-state index contributed by atoms with van der Waals surface area (Å²) < 4.78 is 30.9. The molecule has 20 heavy (non-hydrogen) atoms. The second-order valence-electron chi connectivity index (χ2n) is 4.63. The van der Waals surface area contributed by atoms with E-state index in [1.165, 1.54) is 6.07 Å². The molecule has 1 heterocycles. The zero-order chi connectivity index (χ0) is 14.5. The first-order valence-corrected chi connectivity index (χ1v) is 6.27. The molecule has 1 aromatic heterocycles. The van der Waals surface area contributed by atoms with Crippen molar-refractivity contribution in [2.75, 3.05) is 7.11 Å². The van der Waals surface area contributed by atoms with Gasteiger partial charge in [0.1, 0.15) is 0 Å². The van der Waals surface area contributed by atoms with Crippen molar-refractivity contribution in [3.8, 4) is 5.88 Å². The highest BCUT2D eigenvalue weighted by Gasteiger charge is 2.09. The molecule has 3 nitrogen and oxygen atoms in total. The zero-order valence-electron chi connectivity index (χ0n) is 11.1. The second-order valence-corrected chi connectivity index (χ2v) is 4.63. The third-order valence-electron chi connectivity index (χ3n) is 2.99. The number of methoxy groups -OCH3 is 1. The predicted octanol–water partition coefficient (Wildman–Crippen LogP) is 2.48. The Bertz CT molecular complexity index is 573. The summed E-state index contributed by atoms with van der Waals surface area (Å²) in [5.74, 6) is -1.15. The number of pyridine rings is 1. The van der Waals surface area contributed by atoms with Gasteiger partial charge in [0, 0.05) is 18.3 Å². The lowest BCUT2D eigenvalue weighted by Crippen LogP contribution is -2.25. The Balaban J connectivity index is 1.97. The monoisotopic (exact) mass is 278 g/mol. The molecule has 0 amide bonds. The summed E-state index contributed by atoms with van der Waals surface area (Å²) in [6.45, 7) is 0. The molecule has 0 fully saturated rings. The Hall–Kier alpha value is -2.01. The van der Waals surface area contributed by atoms with Crippen molar-refractivity contribution in [2.45, 2.75) is 18.9 Å². The quantitative estimate of drug-likeness (QED) is 0.914. The lowest BCUT2D eigenvalue weighted by Gasteiger charge is -2.12. The van der Waals surface area contributed by atoms with E-state index in [9.17, 15) is 8.78 Å². The minimum absolute atomic E-state index is 0.185. The van der Waals surface area contributed by atoms with E-state index in [1.807, 2.05) is 6.07 Å². The number of nitrogens with two attached hydrogens (primary N) is 1. The number of aromatic nitrogens is 1. The van der Waals surface area contributed by atoms with Gasteiger partial charge in [0.25, 0.3) is 0 Å². The highest BCUT2D eigenvalue weighted by atomic mass is 19.2. The van der Waals surface area contributed by atoms with Crippen LogP contribution in [0.15, 0.2) is 36.5 Å². The largest absolute Gasteiger partial charge is 0.481 e. The molecule has 106 valence electrons. The first kappa shape index (κ1) is 14.4. The lowest BCUT2D eigenvalue weighted by atomic mass is 10.0. The van der Waals surface area contributed by atoms with Crippen molar-refractivity contribution in [2.24, 2.45) is 5.73 Å². The van der Waals surface area contributed by atoms with Gasteiger partial charge in [0.05, 0.1) is 7.11 Å². The number of nitrogens with zero attached hydrogens (tertiary/aromatic N) is 1. The maximum absolute atomic E-state index is 13.1. The number of hydrogen-bond donors (Lipinski definition) is 1. The molecule has 0 aliphatic carbocycles. The van der Waals surface area contributed by atoms with Crippen LogP contribution < -0.4 is 10.5 Å². The number of ether oxygens (including phenoxy) is 1. The highest BCUT2D eigenvalue weighted by molar-refractivity contribution is 5.21. The maximum Gasteiger partial charge on any atom is 0.212 e. The van der Waals surface area contributed by atoms with Crippen LogP contribution in [-0.2, 0) is 12.8 Å². The smallest absolute Gasteiger partial charge is 0.212 e. The molecular weight excluding hydrogens is 262 g/mol. The average Bonchev–Trinajstić information content (AvgIpc) is 2.44. The van der Waals surface area contributed by atoms with Gasteiger partial charge < -0.3 is 10.5 Å². The third kappa shape index (κ3) is 3.74. The molecule has 0 bridgehead atoms. The Morgan fingerprint density at radius 2 is 1.80 bits per heavy atom. The number of halogens is 2. The molecule has 0 spiro atoms. The SMILES string of the molecule is COc1ccc(CC(N)Cc2ccc(F)c(F)c2)cn1. The van der Waals surface area contributed by atoms with Crippen molar-refractivity contribution in [1.29, 1.82) is 0 Å². The van der Waals surface area contributed by atoms with Crippen LogP contribution in [0.25, 0.3) is 0 Å². The molecule has 0 radical (unpaired) electrons. The molecule has 2 N–H and O–H groups in total. The fourth-order valence-corrected chi connectivity index (χ4v) is 2.00. The van der Waals surface area contributed by atoms with Gasteiger partial charge in [-0.05, 0) is 36.1 Å². The molecule has 0 saturated heterocycles. The fraction of sp³-hybridized carbons (Fsp3) is 0.267. The van der Waals surface area contributed by atoms with Crippen LogP contribution in [0, 0.1) is 11.6 Å². The Labute approximate surface area is 116 Å². The van der Waals surface area contributed by atoms with Gasteiger partial charge in [-0.2, -0.15) is 0 Å². The van der Waals surface area contributed by atoms with Crippen LogP contribution >= 0.6 is 0 Å². The topological polar surface area (TPSA) is 48.1 Å². The van der Waals surface area contributed by atoms with Crippen LogP contribution in [0.2, 0.25) is 0 Å². The van der Waals surface area contributed by atoms with Gasteiger partial charge in [-0.3, -0.25) is 0 Å². The zero-order valence-corrected chi connectivity index (χ0v) is 11.1. The Morgan fingerprint density at radius 3 is 2.40 bits per heavy atom. The molecule has 2 aromatic rings. The van der Waals surface area contributed by atoms with Crippen LogP contribution in [-0.4, -0.2) is 18.1 Å². The number of hydrogen-bond acceptors (Lipinski definition) is 3. The first-order chi connectivity index (χ1) is 9.58. The summed E-state index contributed by atoms with van der Waals surface area (Å²) >= 11 is 0. The summed E-state index contributed by atoms with van der Waals surface area (Å²) in [6, 6.07) is 7.31. The summed E-state index contributed by atoms with van der Waals surface area (Å²) in [7, 11) is 1.55. The molecule has 5 heteroatoms. The molecule has 0 saturated carbocycles. The van der Waals surface area contributed by atoms with Gasteiger partial charge in [-0.1, -0.05) is 12.1 Å². The fourth-order valence-electron chi connectivity index (χ4n) is 2.00. The summed E-state index contributed by atoms with van der Waals surface area (Å²) in [6.07, 6.45) is 2.78. The predicted molar refractivity (Wildman–Crippen MR) is 72.5 cm³/mol. The van der Waals surface area contributed by atoms with Gasteiger partial charge in [0.15, 0.2) is 11.6 Å². The van der Waals surface area contributed by atoms with E-state index >= 15 is 0 Å². The maximum atomic E-state index is 13.1. The lowest BCUT2D eigenvalue weighted by molar-refractivity contribution is 0.397. The summed E-state index contributed by atoms with van der Waals surface area (Å²) in [5.41, 5.74) is 7.67. The highest BCUT2D eigenvalue weighted by Crippen LogP contribution is 2.13. The van der Waals surface area contributed by atoms with E-state index < -0.39 is 11.6 Å². The molecule has 0 aliphatic heterocycles. The van der Waals surface area contributed by atoms with Crippen LogP contribution in [0.4, 0.5) is 8.78 Å². The minimum Gasteiger partial charge on any atom is -0.481 e. The number of rotatable bonds is 5. The van der Waals surface area contributed by atoms with Crippen molar-refractivity contribution >= 4 is 0 Å².